The van der Waals surface area contributed by atoms with Gasteiger partial charge in [0.1, 0.15) is 5.75 Å². The van der Waals surface area contributed by atoms with Gasteiger partial charge in [-0.3, -0.25) is 4.79 Å². The predicted octanol–water partition coefficient (Wildman–Crippen LogP) is 0.726. The minimum absolute atomic E-state index is 0.111. The smallest absolute Gasteiger partial charge is 0.225 e. The molecule has 86 valence electrons. The molecule has 1 aromatic rings. The number of carbonyl (C=O) groups excluding carboxylic acids is 1. The number of rotatable bonds is 4. The van der Waals surface area contributed by atoms with E-state index >= 15 is 0 Å². The van der Waals surface area contributed by atoms with Crippen molar-refractivity contribution in [3.05, 3.63) is 29.8 Å². The van der Waals surface area contributed by atoms with Gasteiger partial charge in [0.2, 0.25) is 5.91 Å². The van der Waals surface area contributed by atoms with E-state index in [9.17, 15) is 9.90 Å². The van der Waals surface area contributed by atoms with E-state index in [1.807, 2.05) is 0 Å². The van der Waals surface area contributed by atoms with Crippen molar-refractivity contribution in [2.24, 2.45) is 5.73 Å². The standard InChI is InChI=1S/C11H14N2O2S/c1-7(11(12)16)13-10(15)6-8-4-2-3-5-9(8)14/h2-5,7,14H,6H2,1H3,(H2,12,16)(H,13,15). The second kappa shape index (κ2) is 5.46. The third-order valence-electron chi connectivity index (χ3n) is 2.15. The Morgan fingerprint density at radius 1 is 1.56 bits per heavy atom. The highest BCUT2D eigenvalue weighted by Gasteiger charge is 2.11. The van der Waals surface area contributed by atoms with E-state index < -0.39 is 0 Å². The first-order valence-corrected chi connectivity index (χ1v) is 5.27. The van der Waals surface area contributed by atoms with Gasteiger partial charge in [0.15, 0.2) is 0 Å². The van der Waals surface area contributed by atoms with Gasteiger partial charge >= 0.3 is 0 Å². The molecule has 5 heteroatoms. The number of para-hydroxylation sites is 1. The minimum atomic E-state index is -0.339. The number of nitrogens with one attached hydrogen (secondary N) is 1. The fourth-order valence-electron chi connectivity index (χ4n) is 1.20. The Hall–Kier alpha value is -1.62. The van der Waals surface area contributed by atoms with E-state index in [0.29, 0.717) is 5.56 Å². The molecule has 0 aromatic heterocycles. The van der Waals surface area contributed by atoms with E-state index in [1.54, 1.807) is 31.2 Å². The van der Waals surface area contributed by atoms with Crippen LogP contribution in [0.1, 0.15) is 12.5 Å². The zero-order valence-corrected chi connectivity index (χ0v) is 9.75. The van der Waals surface area contributed by atoms with Gasteiger partial charge in [-0.25, -0.2) is 0 Å². The Bertz CT molecular complexity index is 407. The van der Waals surface area contributed by atoms with Gasteiger partial charge in [0.25, 0.3) is 0 Å². The average molecular weight is 238 g/mol. The maximum Gasteiger partial charge on any atom is 0.225 e. The van der Waals surface area contributed by atoms with Gasteiger partial charge in [-0.2, -0.15) is 0 Å². The number of nitrogens with two attached hydrogens (primary N) is 1. The van der Waals surface area contributed by atoms with Crippen LogP contribution in [0.3, 0.4) is 0 Å². The number of phenolic OH excluding ortho intramolecular Hbond substituents is 1. The lowest BCUT2D eigenvalue weighted by Crippen LogP contribution is -2.41. The van der Waals surface area contributed by atoms with E-state index in [4.69, 9.17) is 18.0 Å². The Kier molecular flexibility index (Phi) is 4.25. The summed E-state index contributed by atoms with van der Waals surface area (Å²) in [6, 6.07) is 6.36. The molecule has 0 spiro atoms. The summed E-state index contributed by atoms with van der Waals surface area (Å²) in [6.45, 7) is 1.71. The van der Waals surface area contributed by atoms with Crippen molar-refractivity contribution >= 4 is 23.1 Å². The molecular weight excluding hydrogens is 224 g/mol. The van der Waals surface area contributed by atoms with Gasteiger partial charge in [-0.1, -0.05) is 30.4 Å². The van der Waals surface area contributed by atoms with Crippen LogP contribution in [-0.4, -0.2) is 22.0 Å². The number of hydrogen-bond donors (Lipinski definition) is 3. The van der Waals surface area contributed by atoms with Crippen LogP contribution in [0.4, 0.5) is 0 Å². The topological polar surface area (TPSA) is 75.3 Å². The first-order chi connectivity index (χ1) is 7.50. The number of amides is 1. The van der Waals surface area contributed by atoms with Crippen LogP contribution in [0.15, 0.2) is 24.3 Å². The Balaban J connectivity index is 2.59. The number of benzene rings is 1. The summed E-state index contributed by atoms with van der Waals surface area (Å²) >= 11 is 4.74. The third kappa shape index (κ3) is 3.51. The molecule has 16 heavy (non-hydrogen) atoms. The maximum atomic E-state index is 11.5. The quantitative estimate of drug-likeness (QED) is 0.676. The maximum absolute atomic E-state index is 11.5. The predicted molar refractivity (Wildman–Crippen MR) is 66.2 cm³/mol. The summed E-state index contributed by atoms with van der Waals surface area (Å²) in [6.07, 6.45) is 0.111. The Morgan fingerprint density at radius 2 is 2.19 bits per heavy atom. The van der Waals surface area contributed by atoms with Crippen LogP contribution < -0.4 is 11.1 Å². The zero-order chi connectivity index (χ0) is 12.1. The molecule has 0 aliphatic heterocycles. The van der Waals surface area contributed by atoms with E-state index in [2.05, 4.69) is 5.32 Å². The molecule has 1 atom stereocenters. The van der Waals surface area contributed by atoms with Crippen LogP contribution >= 0.6 is 12.2 Å². The lowest BCUT2D eigenvalue weighted by Gasteiger charge is -2.12. The molecule has 0 fully saturated rings. The molecule has 4 N–H and O–H groups in total. The largest absolute Gasteiger partial charge is 0.508 e. The summed E-state index contributed by atoms with van der Waals surface area (Å²) in [5, 5.41) is 12.1. The normalized spacial score (nSPS) is 11.8. The van der Waals surface area contributed by atoms with Crippen molar-refractivity contribution in [3.63, 3.8) is 0 Å². The van der Waals surface area contributed by atoms with Gasteiger partial charge in [0, 0.05) is 5.56 Å². The first kappa shape index (κ1) is 12.4. The number of thiocarbonyl (C=S) groups is 1. The van der Waals surface area contributed by atoms with Gasteiger partial charge in [0.05, 0.1) is 17.5 Å². The first-order valence-electron chi connectivity index (χ1n) is 4.86. The second-order valence-electron chi connectivity index (χ2n) is 3.50. The van der Waals surface area contributed by atoms with Crippen LogP contribution in [0.2, 0.25) is 0 Å². The highest BCUT2D eigenvalue weighted by Crippen LogP contribution is 2.15. The number of aromatic hydroxyl groups is 1. The number of carbonyl (C=O) groups is 1. The molecule has 4 nitrogen and oxygen atoms in total. The van der Waals surface area contributed by atoms with E-state index in [0.717, 1.165) is 0 Å². The second-order valence-corrected chi connectivity index (χ2v) is 3.97. The van der Waals surface area contributed by atoms with Crippen LogP contribution in [0.25, 0.3) is 0 Å². The summed E-state index contributed by atoms with van der Waals surface area (Å²) < 4.78 is 0. The molecule has 0 heterocycles. The molecule has 0 aliphatic rings. The molecule has 0 bridgehead atoms. The van der Waals surface area contributed by atoms with Gasteiger partial charge in [-0.15, -0.1) is 0 Å². The van der Waals surface area contributed by atoms with Crippen molar-refractivity contribution < 1.29 is 9.90 Å². The van der Waals surface area contributed by atoms with E-state index in [-0.39, 0.29) is 29.1 Å². The monoisotopic (exact) mass is 238 g/mol. The van der Waals surface area contributed by atoms with Gasteiger partial charge < -0.3 is 16.2 Å². The average Bonchev–Trinajstić information content (AvgIpc) is 2.21. The fraction of sp³-hybridized carbons (Fsp3) is 0.273. The fourth-order valence-corrected chi connectivity index (χ4v) is 1.26. The van der Waals surface area contributed by atoms with Crippen molar-refractivity contribution in [1.82, 2.24) is 5.32 Å². The molecule has 0 aliphatic carbocycles. The highest BCUT2D eigenvalue weighted by atomic mass is 32.1. The molecule has 0 radical (unpaired) electrons. The highest BCUT2D eigenvalue weighted by molar-refractivity contribution is 7.80. The van der Waals surface area contributed by atoms with Crippen LogP contribution in [0.5, 0.6) is 5.75 Å². The molecular formula is C11H14N2O2S. The SMILES string of the molecule is CC(NC(=O)Cc1ccccc1O)C(N)=S. The summed E-state index contributed by atoms with van der Waals surface area (Å²) in [7, 11) is 0. The summed E-state index contributed by atoms with van der Waals surface area (Å²) in [5.41, 5.74) is 5.95. The number of hydrogen-bond acceptors (Lipinski definition) is 3. The molecule has 1 rings (SSSR count). The van der Waals surface area contributed by atoms with Crippen LogP contribution in [-0.2, 0) is 11.2 Å². The van der Waals surface area contributed by atoms with Crippen molar-refractivity contribution in [1.29, 1.82) is 0 Å². The summed E-state index contributed by atoms with van der Waals surface area (Å²) in [5.74, 6) is -0.109. The molecule has 0 saturated heterocycles. The van der Waals surface area contributed by atoms with Crippen molar-refractivity contribution in [2.75, 3.05) is 0 Å². The van der Waals surface area contributed by atoms with Gasteiger partial charge in [-0.05, 0) is 13.0 Å². The zero-order valence-electron chi connectivity index (χ0n) is 8.93. The van der Waals surface area contributed by atoms with Crippen molar-refractivity contribution in [3.8, 4) is 5.75 Å². The minimum Gasteiger partial charge on any atom is -0.508 e. The molecule has 0 saturated carbocycles. The Labute approximate surface area is 99.5 Å². The molecule has 1 aromatic carbocycles. The van der Waals surface area contributed by atoms with Crippen LogP contribution in [0, 0.1) is 0 Å². The third-order valence-corrected chi connectivity index (χ3v) is 2.50. The van der Waals surface area contributed by atoms with E-state index in [1.165, 1.54) is 0 Å². The number of phenols is 1. The van der Waals surface area contributed by atoms with Crippen molar-refractivity contribution in [2.45, 2.75) is 19.4 Å². The summed E-state index contributed by atoms with van der Waals surface area (Å²) in [4.78, 5) is 11.8. The molecule has 1 unspecified atom stereocenters. The Morgan fingerprint density at radius 3 is 2.75 bits per heavy atom. The lowest BCUT2D eigenvalue weighted by atomic mass is 10.1. The lowest BCUT2D eigenvalue weighted by molar-refractivity contribution is -0.120. The molecule has 1 amide bonds.